The maximum Gasteiger partial charge on any atom is 0.316 e. The van der Waals surface area contributed by atoms with Crippen molar-refractivity contribution in [3.05, 3.63) is 12.3 Å². The molecule has 0 spiro atoms. The first-order chi connectivity index (χ1) is 7.41. The number of amides is 2. The van der Waals surface area contributed by atoms with E-state index >= 15 is 0 Å². The van der Waals surface area contributed by atoms with Crippen molar-refractivity contribution < 1.29 is 9.63 Å². The van der Waals surface area contributed by atoms with Crippen molar-refractivity contribution in [2.24, 2.45) is 5.41 Å². The number of rotatable bonds is 3. The minimum Gasteiger partial charge on any atom is -0.414 e. The molecule has 0 aromatic carbocycles. The maximum absolute atomic E-state index is 11.6. The highest BCUT2D eigenvalue weighted by Crippen LogP contribution is 2.31. The Labute approximate surface area is 101 Å². The highest BCUT2D eigenvalue weighted by atomic mass is 35.5. The molecule has 1 rings (SSSR count). The van der Waals surface area contributed by atoms with Gasteiger partial charge in [-0.25, -0.2) is 4.79 Å². The third-order valence-corrected chi connectivity index (χ3v) is 2.67. The molecule has 0 aliphatic carbocycles. The van der Waals surface area contributed by atoms with Gasteiger partial charge < -0.3 is 15.5 Å². The van der Waals surface area contributed by atoms with Gasteiger partial charge in [-0.15, -0.1) is 17.1 Å². The number of urea groups is 1. The summed E-state index contributed by atoms with van der Waals surface area (Å²) in [5.41, 5.74) is 1.87. The molecule has 92 valence electrons. The number of alkyl halides is 1. The fourth-order valence-electron chi connectivity index (χ4n) is 1.34. The Kier molecular flexibility index (Phi) is 4.04. The van der Waals surface area contributed by atoms with Gasteiger partial charge in [0.15, 0.2) is 5.66 Å². The zero-order valence-electron chi connectivity index (χ0n) is 9.76. The molecule has 1 unspecified atom stereocenters. The third-order valence-electron chi connectivity index (χ3n) is 2.48. The average Bonchev–Trinajstić information content (AvgIpc) is 2.63. The fraction of sp³-hybridized carbons (Fsp3) is 0.700. The van der Waals surface area contributed by atoms with Crippen LogP contribution >= 0.6 is 11.6 Å². The molecule has 1 aliphatic rings. The van der Waals surface area contributed by atoms with Gasteiger partial charge in [-0.2, -0.15) is 0 Å². The van der Waals surface area contributed by atoms with Crippen LogP contribution in [0.2, 0.25) is 0 Å². The van der Waals surface area contributed by atoms with Crippen LogP contribution in [0.15, 0.2) is 12.3 Å². The van der Waals surface area contributed by atoms with E-state index < -0.39 is 5.66 Å². The highest BCUT2D eigenvalue weighted by Gasteiger charge is 2.44. The molecule has 0 saturated heterocycles. The molecule has 0 bridgehead atoms. The third kappa shape index (κ3) is 2.80. The largest absolute Gasteiger partial charge is 0.414 e. The summed E-state index contributed by atoms with van der Waals surface area (Å²) in [6.45, 7) is 6.43. The van der Waals surface area contributed by atoms with Gasteiger partial charge in [0, 0.05) is 17.8 Å². The van der Waals surface area contributed by atoms with E-state index in [-0.39, 0.29) is 11.4 Å². The molecular formula is C10H18ClN3O2. The number of carbonyl (C=O) groups excluding carboxylic acids is 1. The van der Waals surface area contributed by atoms with E-state index in [1.54, 1.807) is 6.08 Å². The predicted molar refractivity (Wildman–Crippen MR) is 62.8 cm³/mol. The molecule has 0 aromatic heterocycles. The summed E-state index contributed by atoms with van der Waals surface area (Å²) in [7, 11) is 0. The monoisotopic (exact) mass is 247 g/mol. The Bertz CT molecular complexity index is 288. The second kappa shape index (κ2) is 4.93. The number of hydroxylamine groups is 1. The minimum atomic E-state index is -0.705. The van der Waals surface area contributed by atoms with Crippen molar-refractivity contribution >= 4 is 17.6 Å². The van der Waals surface area contributed by atoms with Crippen molar-refractivity contribution in [2.75, 3.05) is 12.4 Å². The van der Waals surface area contributed by atoms with E-state index in [4.69, 9.17) is 16.4 Å². The average molecular weight is 248 g/mol. The second-order valence-corrected chi connectivity index (χ2v) is 5.03. The van der Waals surface area contributed by atoms with Gasteiger partial charge in [-0.1, -0.05) is 20.8 Å². The van der Waals surface area contributed by atoms with Crippen LogP contribution in [-0.2, 0) is 4.84 Å². The molecular weight excluding hydrogens is 230 g/mol. The van der Waals surface area contributed by atoms with Gasteiger partial charge in [0.2, 0.25) is 0 Å². The summed E-state index contributed by atoms with van der Waals surface area (Å²) in [6.07, 6.45) is 3.31. The van der Waals surface area contributed by atoms with Gasteiger partial charge in [-0.3, -0.25) is 0 Å². The quantitative estimate of drug-likeness (QED) is 0.659. The second-order valence-electron chi connectivity index (χ2n) is 4.65. The molecule has 2 amide bonds. The van der Waals surface area contributed by atoms with Crippen molar-refractivity contribution in [3.63, 3.8) is 0 Å². The number of nitrogens with one attached hydrogen (secondary N) is 3. The summed E-state index contributed by atoms with van der Waals surface area (Å²) < 4.78 is 0. The first kappa shape index (κ1) is 13.1. The van der Waals surface area contributed by atoms with E-state index in [0.717, 1.165) is 0 Å². The Hall–Kier alpha value is -0.940. The van der Waals surface area contributed by atoms with Crippen molar-refractivity contribution in [1.29, 1.82) is 0 Å². The fourth-order valence-corrected chi connectivity index (χ4v) is 1.43. The van der Waals surface area contributed by atoms with Crippen LogP contribution in [0, 0.1) is 5.41 Å². The standard InChI is InChI=1S/C10H18ClN3O2/c1-9(2,3)10(4-7-16-14-10)13-8(15)12-6-5-11/h4,7,14H,5-6H2,1-3H3,(H2,12,13,15). The SMILES string of the molecule is CC(C)(C)C1(NC(=O)NCCCl)C=CON1. The summed E-state index contributed by atoms with van der Waals surface area (Å²) in [4.78, 5) is 16.6. The van der Waals surface area contributed by atoms with Crippen LogP contribution in [0.25, 0.3) is 0 Å². The van der Waals surface area contributed by atoms with Gasteiger partial charge in [-0.05, 0) is 6.08 Å². The van der Waals surface area contributed by atoms with Crippen LogP contribution in [0.1, 0.15) is 20.8 Å². The summed E-state index contributed by atoms with van der Waals surface area (Å²) >= 11 is 5.49. The van der Waals surface area contributed by atoms with Crippen molar-refractivity contribution in [1.82, 2.24) is 16.1 Å². The normalized spacial score (nSPS) is 24.0. The number of hydrogen-bond acceptors (Lipinski definition) is 3. The summed E-state index contributed by atoms with van der Waals surface area (Å²) in [5.74, 6) is 0.385. The van der Waals surface area contributed by atoms with Gasteiger partial charge in [0.25, 0.3) is 0 Å². The first-order valence-electron chi connectivity index (χ1n) is 5.14. The predicted octanol–water partition coefficient (Wildman–Crippen LogP) is 1.32. The smallest absolute Gasteiger partial charge is 0.316 e. The molecule has 0 radical (unpaired) electrons. The van der Waals surface area contributed by atoms with E-state index in [9.17, 15) is 4.79 Å². The molecule has 1 aliphatic heterocycles. The van der Waals surface area contributed by atoms with Gasteiger partial charge >= 0.3 is 6.03 Å². The minimum absolute atomic E-state index is 0.224. The lowest BCUT2D eigenvalue weighted by Gasteiger charge is -2.39. The topological polar surface area (TPSA) is 62.4 Å². The zero-order valence-corrected chi connectivity index (χ0v) is 10.5. The van der Waals surface area contributed by atoms with Crippen LogP contribution < -0.4 is 16.1 Å². The van der Waals surface area contributed by atoms with Crippen LogP contribution in [0.5, 0.6) is 0 Å². The number of halogens is 1. The zero-order chi connectivity index (χ0) is 12.2. The molecule has 6 heteroatoms. The van der Waals surface area contributed by atoms with Crippen LogP contribution in [-0.4, -0.2) is 24.1 Å². The molecule has 1 heterocycles. The Morgan fingerprint density at radius 2 is 2.25 bits per heavy atom. The lowest BCUT2D eigenvalue weighted by Crippen LogP contribution is -2.64. The van der Waals surface area contributed by atoms with E-state index in [1.807, 2.05) is 20.8 Å². The van der Waals surface area contributed by atoms with E-state index in [1.165, 1.54) is 6.26 Å². The molecule has 16 heavy (non-hydrogen) atoms. The summed E-state index contributed by atoms with van der Waals surface area (Å²) in [6, 6.07) is -0.279. The molecule has 0 aromatic rings. The number of hydrogen-bond donors (Lipinski definition) is 3. The number of carbonyl (C=O) groups is 1. The molecule has 5 nitrogen and oxygen atoms in total. The van der Waals surface area contributed by atoms with Gasteiger partial charge in [0.1, 0.15) is 6.26 Å². The lowest BCUT2D eigenvalue weighted by molar-refractivity contribution is 0.0262. The van der Waals surface area contributed by atoms with E-state index in [2.05, 4.69) is 16.1 Å². The van der Waals surface area contributed by atoms with Gasteiger partial charge in [0.05, 0.1) is 0 Å². The molecule has 0 saturated carbocycles. The molecule has 3 N–H and O–H groups in total. The summed E-state index contributed by atoms with van der Waals surface area (Å²) in [5, 5.41) is 5.48. The first-order valence-corrected chi connectivity index (χ1v) is 5.67. The van der Waals surface area contributed by atoms with E-state index in [0.29, 0.717) is 12.4 Å². The molecule has 1 atom stereocenters. The molecule has 0 fully saturated rings. The van der Waals surface area contributed by atoms with Crippen molar-refractivity contribution in [3.8, 4) is 0 Å². The van der Waals surface area contributed by atoms with Crippen molar-refractivity contribution in [2.45, 2.75) is 26.4 Å². The van der Waals surface area contributed by atoms with Crippen LogP contribution in [0.4, 0.5) is 4.79 Å². The Morgan fingerprint density at radius 1 is 1.56 bits per heavy atom. The lowest BCUT2D eigenvalue weighted by atomic mass is 9.81. The Balaban J connectivity index is 2.66. The maximum atomic E-state index is 11.6. The van der Waals surface area contributed by atoms with Crippen LogP contribution in [0.3, 0.4) is 0 Å². The highest BCUT2D eigenvalue weighted by molar-refractivity contribution is 6.18. The Morgan fingerprint density at radius 3 is 2.69 bits per heavy atom.